The van der Waals surface area contributed by atoms with E-state index in [4.69, 9.17) is 10.7 Å². The number of nitrogens with zero attached hydrogens (tertiary/aromatic N) is 1. The van der Waals surface area contributed by atoms with E-state index < -0.39 is 0 Å². The Balaban J connectivity index is 2.03. The summed E-state index contributed by atoms with van der Waals surface area (Å²) in [7, 11) is 0. The minimum absolute atomic E-state index is 0.0141. The van der Waals surface area contributed by atoms with Crippen LogP contribution in [0.2, 0.25) is 0 Å². The molecule has 0 fully saturated rings. The largest absolute Gasteiger partial charge is 0.322 e. The molecule has 18 heavy (non-hydrogen) atoms. The summed E-state index contributed by atoms with van der Waals surface area (Å²) >= 11 is 1.78. The van der Waals surface area contributed by atoms with Gasteiger partial charge < -0.3 is 5.73 Å². The highest BCUT2D eigenvalue weighted by Crippen LogP contribution is 2.42. The van der Waals surface area contributed by atoms with Gasteiger partial charge in [0.05, 0.1) is 11.7 Å². The van der Waals surface area contributed by atoms with Crippen molar-refractivity contribution in [2.45, 2.75) is 33.2 Å². The van der Waals surface area contributed by atoms with Crippen molar-refractivity contribution in [3.63, 3.8) is 0 Å². The van der Waals surface area contributed by atoms with Gasteiger partial charge in [0, 0.05) is 16.9 Å². The van der Waals surface area contributed by atoms with Crippen LogP contribution in [0.25, 0.3) is 11.3 Å². The molecule has 3 heteroatoms. The van der Waals surface area contributed by atoms with E-state index in [1.807, 2.05) is 0 Å². The van der Waals surface area contributed by atoms with Gasteiger partial charge in [0.1, 0.15) is 5.01 Å². The van der Waals surface area contributed by atoms with E-state index in [2.05, 4.69) is 45.0 Å². The molecule has 0 bridgehead atoms. The molecule has 1 atom stereocenters. The lowest BCUT2D eigenvalue weighted by Crippen LogP contribution is -2.26. The first kappa shape index (κ1) is 11.9. The fraction of sp³-hybridized carbons (Fsp3) is 0.400. The summed E-state index contributed by atoms with van der Waals surface area (Å²) in [6, 6.07) is 8.54. The van der Waals surface area contributed by atoms with E-state index >= 15 is 0 Å². The average molecular weight is 258 g/mol. The van der Waals surface area contributed by atoms with Crippen LogP contribution in [0.5, 0.6) is 0 Å². The van der Waals surface area contributed by atoms with Crippen molar-refractivity contribution in [3.05, 3.63) is 39.7 Å². The molecule has 2 N–H and O–H groups in total. The molecular weight excluding hydrogens is 240 g/mol. The molecular formula is C15H18N2S. The highest BCUT2D eigenvalue weighted by Gasteiger charge is 2.29. The van der Waals surface area contributed by atoms with E-state index in [0.29, 0.717) is 0 Å². The molecule has 1 aromatic carbocycles. The number of aromatic nitrogens is 1. The molecule has 0 aliphatic heterocycles. The van der Waals surface area contributed by atoms with Crippen LogP contribution in [0.4, 0.5) is 0 Å². The van der Waals surface area contributed by atoms with Crippen LogP contribution in [0.15, 0.2) is 24.3 Å². The molecule has 1 aromatic heterocycles. The van der Waals surface area contributed by atoms with E-state index in [9.17, 15) is 0 Å². The van der Waals surface area contributed by atoms with E-state index in [1.165, 1.54) is 16.0 Å². The fourth-order valence-corrected chi connectivity index (χ4v) is 3.63. The molecule has 1 heterocycles. The smallest absolute Gasteiger partial charge is 0.111 e. The van der Waals surface area contributed by atoms with Gasteiger partial charge >= 0.3 is 0 Å². The van der Waals surface area contributed by atoms with Crippen molar-refractivity contribution in [1.29, 1.82) is 0 Å². The number of hydrogen-bond acceptors (Lipinski definition) is 3. The van der Waals surface area contributed by atoms with E-state index in [1.54, 1.807) is 11.3 Å². The number of nitrogens with two attached hydrogens (primary N) is 1. The third-order valence-corrected chi connectivity index (χ3v) is 4.67. The van der Waals surface area contributed by atoms with Gasteiger partial charge in [-0.3, -0.25) is 0 Å². The number of rotatable bonds is 1. The average Bonchev–Trinajstić information content (AvgIpc) is 2.83. The second-order valence-electron chi connectivity index (χ2n) is 6.00. The number of thiazole rings is 1. The van der Waals surface area contributed by atoms with Gasteiger partial charge in [-0.1, -0.05) is 45.0 Å². The Labute approximate surface area is 112 Å². The maximum Gasteiger partial charge on any atom is 0.111 e. The monoisotopic (exact) mass is 258 g/mol. The normalized spacial score (nSPS) is 15.3. The highest BCUT2D eigenvalue weighted by molar-refractivity contribution is 7.12. The fourth-order valence-electron chi connectivity index (χ4n) is 2.28. The Morgan fingerprint density at radius 3 is 2.72 bits per heavy atom. The Hall–Kier alpha value is -1.19. The van der Waals surface area contributed by atoms with Crippen molar-refractivity contribution in [3.8, 4) is 11.3 Å². The predicted octanol–water partition coefficient (Wildman–Crippen LogP) is 3.76. The van der Waals surface area contributed by atoms with Crippen LogP contribution in [0.3, 0.4) is 0 Å². The molecule has 0 saturated carbocycles. The van der Waals surface area contributed by atoms with Gasteiger partial charge in [-0.05, 0) is 11.0 Å². The molecule has 0 amide bonds. The van der Waals surface area contributed by atoms with Crippen LogP contribution >= 0.6 is 11.3 Å². The number of benzene rings is 1. The van der Waals surface area contributed by atoms with Crippen LogP contribution in [0.1, 0.15) is 42.3 Å². The maximum absolute atomic E-state index is 6.30. The Kier molecular flexibility index (Phi) is 2.57. The van der Waals surface area contributed by atoms with Crippen molar-refractivity contribution in [1.82, 2.24) is 4.98 Å². The zero-order valence-corrected chi connectivity index (χ0v) is 11.8. The van der Waals surface area contributed by atoms with Gasteiger partial charge in [-0.15, -0.1) is 11.3 Å². The minimum Gasteiger partial charge on any atom is -0.322 e. The van der Waals surface area contributed by atoms with Crippen molar-refractivity contribution in [2.24, 2.45) is 11.1 Å². The van der Waals surface area contributed by atoms with Gasteiger partial charge in [-0.25, -0.2) is 4.98 Å². The Morgan fingerprint density at radius 1 is 1.28 bits per heavy atom. The maximum atomic E-state index is 6.30. The molecule has 3 rings (SSSR count). The predicted molar refractivity (Wildman–Crippen MR) is 76.7 cm³/mol. The second-order valence-corrected chi connectivity index (χ2v) is 7.12. The minimum atomic E-state index is 0.0141. The lowest BCUT2D eigenvalue weighted by atomic mass is 9.88. The third kappa shape index (κ3) is 1.78. The van der Waals surface area contributed by atoms with E-state index in [0.717, 1.165) is 17.1 Å². The van der Waals surface area contributed by atoms with Gasteiger partial charge in [0.15, 0.2) is 0 Å². The molecule has 94 valence electrons. The van der Waals surface area contributed by atoms with Crippen molar-refractivity contribution >= 4 is 11.3 Å². The third-order valence-electron chi connectivity index (χ3n) is 3.54. The van der Waals surface area contributed by atoms with Crippen molar-refractivity contribution in [2.75, 3.05) is 0 Å². The van der Waals surface area contributed by atoms with Crippen LogP contribution < -0.4 is 5.73 Å². The molecule has 1 aliphatic carbocycles. The van der Waals surface area contributed by atoms with Crippen LogP contribution in [0, 0.1) is 5.41 Å². The first-order valence-corrected chi connectivity index (χ1v) is 7.12. The van der Waals surface area contributed by atoms with Gasteiger partial charge in [0.2, 0.25) is 0 Å². The summed E-state index contributed by atoms with van der Waals surface area (Å²) in [5.74, 6) is 0. The molecule has 2 aromatic rings. The second kappa shape index (κ2) is 3.90. The lowest BCUT2D eigenvalue weighted by molar-refractivity contribution is 0.326. The summed E-state index contributed by atoms with van der Waals surface area (Å²) in [6.45, 7) is 6.49. The SMILES string of the molecule is CC(C)(C)C(N)c1nc2c(s1)Cc1ccccc1-2. The first-order chi connectivity index (χ1) is 8.47. The topological polar surface area (TPSA) is 38.9 Å². The molecule has 1 unspecified atom stereocenters. The summed E-state index contributed by atoms with van der Waals surface area (Å²) in [4.78, 5) is 6.16. The molecule has 1 aliphatic rings. The number of hydrogen-bond donors (Lipinski definition) is 1. The van der Waals surface area contributed by atoms with Crippen LogP contribution in [-0.2, 0) is 6.42 Å². The van der Waals surface area contributed by atoms with Gasteiger partial charge in [-0.2, -0.15) is 0 Å². The summed E-state index contributed by atoms with van der Waals surface area (Å²) in [6.07, 6.45) is 1.01. The molecule has 2 nitrogen and oxygen atoms in total. The van der Waals surface area contributed by atoms with E-state index in [-0.39, 0.29) is 11.5 Å². The highest BCUT2D eigenvalue weighted by atomic mass is 32.1. The zero-order chi connectivity index (χ0) is 12.9. The number of fused-ring (bicyclic) bond motifs is 3. The Bertz CT molecular complexity index is 593. The Morgan fingerprint density at radius 2 is 2.00 bits per heavy atom. The quantitative estimate of drug-likeness (QED) is 0.722. The van der Waals surface area contributed by atoms with Gasteiger partial charge in [0.25, 0.3) is 0 Å². The summed E-state index contributed by atoms with van der Waals surface area (Å²) < 4.78 is 0. The molecule has 0 spiro atoms. The first-order valence-electron chi connectivity index (χ1n) is 6.30. The standard InChI is InChI=1S/C15H18N2S/c1-15(2,3)13(16)14-17-12-10-7-5-4-6-9(10)8-11(12)18-14/h4-7,13H,8,16H2,1-3H3. The molecule has 0 saturated heterocycles. The zero-order valence-electron chi connectivity index (χ0n) is 11.0. The lowest BCUT2D eigenvalue weighted by Gasteiger charge is -2.24. The molecule has 0 radical (unpaired) electrons. The summed E-state index contributed by atoms with van der Waals surface area (Å²) in [5, 5.41) is 1.07. The van der Waals surface area contributed by atoms with Crippen LogP contribution in [-0.4, -0.2) is 4.98 Å². The van der Waals surface area contributed by atoms with Crippen molar-refractivity contribution < 1.29 is 0 Å². The summed E-state index contributed by atoms with van der Waals surface area (Å²) in [5.41, 5.74) is 10.2.